The topological polar surface area (TPSA) is 104 Å². The normalized spacial score (nSPS) is 14.0. The fraction of sp³-hybridized carbons (Fsp3) is 0.346. The van der Waals surface area contributed by atoms with Crippen LogP contribution in [0.4, 0.5) is 9.18 Å². The average Bonchev–Trinajstić information content (AvgIpc) is 2.87. The largest absolute Gasteiger partial charge is 0.474 e. The van der Waals surface area contributed by atoms with E-state index in [9.17, 15) is 14.0 Å². The van der Waals surface area contributed by atoms with Crippen molar-refractivity contribution >= 4 is 11.9 Å². The van der Waals surface area contributed by atoms with E-state index in [1.54, 1.807) is 30.0 Å². The average molecular weight is 495 g/mol. The molecule has 3 heterocycles. The quantitative estimate of drug-likeness (QED) is 0.434. The molecule has 36 heavy (non-hydrogen) atoms. The van der Waals surface area contributed by atoms with Crippen molar-refractivity contribution in [1.29, 1.82) is 0 Å². The maximum Gasteiger partial charge on any atom is 0.410 e. The van der Waals surface area contributed by atoms with Gasteiger partial charge in [-0.3, -0.25) is 9.78 Å². The first-order chi connectivity index (χ1) is 17.3. The SMILES string of the molecule is Cc1c(Oc2ccc(C(=O)c3ccccn3)cc2F)ncnc1OC1CCN(C(=O)OC(C)C)CC1. The van der Waals surface area contributed by atoms with Gasteiger partial charge in [0.2, 0.25) is 17.5 Å². The van der Waals surface area contributed by atoms with E-state index in [0.717, 1.165) is 6.07 Å². The fourth-order valence-corrected chi connectivity index (χ4v) is 3.70. The molecule has 0 saturated carbocycles. The van der Waals surface area contributed by atoms with E-state index in [-0.39, 0.29) is 41.2 Å². The van der Waals surface area contributed by atoms with Gasteiger partial charge in [0.05, 0.1) is 11.7 Å². The van der Waals surface area contributed by atoms with Gasteiger partial charge in [0, 0.05) is 37.7 Å². The number of benzene rings is 1. The molecule has 2 aromatic heterocycles. The monoisotopic (exact) mass is 494 g/mol. The number of likely N-dealkylation sites (tertiary alicyclic amines) is 1. The molecule has 0 aliphatic carbocycles. The zero-order valence-corrected chi connectivity index (χ0v) is 20.3. The number of carbonyl (C=O) groups is 2. The van der Waals surface area contributed by atoms with Crippen molar-refractivity contribution in [3.8, 4) is 17.5 Å². The van der Waals surface area contributed by atoms with E-state index in [1.165, 1.54) is 24.7 Å². The Bertz CT molecular complexity index is 1230. The Kier molecular flexibility index (Phi) is 7.72. The fourth-order valence-electron chi connectivity index (χ4n) is 3.70. The van der Waals surface area contributed by atoms with E-state index in [2.05, 4.69) is 15.0 Å². The van der Waals surface area contributed by atoms with Gasteiger partial charge in [-0.2, -0.15) is 0 Å². The molecule has 1 amide bonds. The van der Waals surface area contributed by atoms with Crippen LogP contribution in [0.25, 0.3) is 0 Å². The van der Waals surface area contributed by atoms with Crippen molar-refractivity contribution in [2.24, 2.45) is 0 Å². The highest BCUT2D eigenvalue weighted by molar-refractivity contribution is 6.07. The third-order valence-electron chi connectivity index (χ3n) is 5.60. The second-order valence-corrected chi connectivity index (χ2v) is 8.64. The van der Waals surface area contributed by atoms with Crippen LogP contribution in [0.15, 0.2) is 48.9 Å². The summed E-state index contributed by atoms with van der Waals surface area (Å²) in [6.45, 7) is 6.37. The lowest BCUT2D eigenvalue weighted by Crippen LogP contribution is -2.42. The summed E-state index contributed by atoms with van der Waals surface area (Å²) in [5.74, 6) is -0.722. The van der Waals surface area contributed by atoms with Crippen molar-refractivity contribution in [3.63, 3.8) is 0 Å². The van der Waals surface area contributed by atoms with Gasteiger partial charge in [-0.25, -0.2) is 19.2 Å². The third-order valence-corrected chi connectivity index (χ3v) is 5.60. The first-order valence-electron chi connectivity index (χ1n) is 11.7. The molecule has 0 unspecified atom stereocenters. The first kappa shape index (κ1) is 25.0. The Morgan fingerprint density at radius 3 is 2.47 bits per heavy atom. The number of ether oxygens (including phenoxy) is 3. The maximum atomic E-state index is 14.8. The van der Waals surface area contributed by atoms with Crippen LogP contribution in [0.5, 0.6) is 17.5 Å². The highest BCUT2D eigenvalue weighted by atomic mass is 19.1. The van der Waals surface area contributed by atoms with Crippen LogP contribution in [-0.2, 0) is 4.74 Å². The zero-order valence-electron chi connectivity index (χ0n) is 20.3. The molecule has 10 heteroatoms. The molecule has 1 aliphatic rings. The highest BCUT2D eigenvalue weighted by Crippen LogP contribution is 2.31. The second-order valence-electron chi connectivity index (χ2n) is 8.64. The van der Waals surface area contributed by atoms with Crippen LogP contribution in [0.3, 0.4) is 0 Å². The lowest BCUT2D eigenvalue weighted by atomic mass is 10.1. The maximum absolute atomic E-state index is 14.8. The molecule has 0 atom stereocenters. The molecule has 188 valence electrons. The number of aromatic nitrogens is 3. The smallest absolute Gasteiger partial charge is 0.410 e. The zero-order chi connectivity index (χ0) is 25.7. The van der Waals surface area contributed by atoms with Crippen molar-refractivity contribution in [2.45, 2.75) is 45.8 Å². The Labute approximate surface area is 208 Å². The van der Waals surface area contributed by atoms with Gasteiger partial charge >= 0.3 is 6.09 Å². The molecule has 9 nitrogen and oxygen atoms in total. The van der Waals surface area contributed by atoms with Crippen molar-refractivity contribution in [3.05, 3.63) is 71.6 Å². The summed E-state index contributed by atoms with van der Waals surface area (Å²) in [5.41, 5.74) is 0.888. The van der Waals surface area contributed by atoms with Crippen LogP contribution in [0, 0.1) is 12.7 Å². The molecule has 0 N–H and O–H groups in total. The Hall–Kier alpha value is -4.08. The van der Waals surface area contributed by atoms with Crippen LogP contribution in [-0.4, -0.2) is 57.0 Å². The molecule has 0 spiro atoms. The minimum Gasteiger partial charge on any atom is -0.474 e. The molecular weight excluding hydrogens is 467 g/mol. The number of carbonyl (C=O) groups excluding carboxylic acids is 2. The first-order valence-corrected chi connectivity index (χ1v) is 11.7. The van der Waals surface area contributed by atoms with E-state index in [1.807, 2.05) is 13.8 Å². The molecular formula is C26H27FN4O5. The molecule has 4 rings (SSSR count). The van der Waals surface area contributed by atoms with Gasteiger partial charge in [0.25, 0.3) is 0 Å². The van der Waals surface area contributed by atoms with Gasteiger partial charge in [0.15, 0.2) is 11.6 Å². The summed E-state index contributed by atoms with van der Waals surface area (Å²) in [7, 11) is 0. The molecule has 1 saturated heterocycles. The molecule has 3 aromatic rings. The Morgan fingerprint density at radius 2 is 1.81 bits per heavy atom. The van der Waals surface area contributed by atoms with Crippen LogP contribution >= 0.6 is 0 Å². The number of rotatable bonds is 7. The summed E-state index contributed by atoms with van der Waals surface area (Å²) in [4.78, 5) is 38.6. The number of halogens is 1. The van der Waals surface area contributed by atoms with Gasteiger partial charge in [0.1, 0.15) is 18.1 Å². The van der Waals surface area contributed by atoms with E-state index >= 15 is 0 Å². The van der Waals surface area contributed by atoms with Crippen molar-refractivity contribution in [1.82, 2.24) is 19.9 Å². The van der Waals surface area contributed by atoms with Gasteiger partial charge in [-0.1, -0.05) is 6.07 Å². The predicted molar refractivity (Wildman–Crippen MR) is 128 cm³/mol. The number of hydrogen-bond donors (Lipinski definition) is 0. The van der Waals surface area contributed by atoms with Crippen LogP contribution in [0.2, 0.25) is 0 Å². The van der Waals surface area contributed by atoms with Crippen molar-refractivity contribution < 1.29 is 28.2 Å². The number of amides is 1. The van der Waals surface area contributed by atoms with Gasteiger partial charge in [-0.05, 0) is 51.1 Å². The van der Waals surface area contributed by atoms with E-state index < -0.39 is 11.6 Å². The summed E-state index contributed by atoms with van der Waals surface area (Å²) >= 11 is 0. The standard InChI is InChI=1S/C26H27FN4O5/c1-16(2)34-26(33)31-12-9-19(10-13-31)35-24-17(3)25(30-15-29-24)36-22-8-7-18(14-20(22)27)23(32)21-6-4-5-11-28-21/h4-8,11,14-16,19H,9-10,12-13H2,1-3H3. The number of piperidine rings is 1. The lowest BCUT2D eigenvalue weighted by molar-refractivity contribution is 0.0504. The van der Waals surface area contributed by atoms with E-state index in [0.29, 0.717) is 37.4 Å². The minimum atomic E-state index is -0.710. The number of ketones is 1. The number of pyridine rings is 1. The summed E-state index contributed by atoms with van der Waals surface area (Å²) in [5, 5.41) is 0. The van der Waals surface area contributed by atoms with Crippen LogP contribution < -0.4 is 9.47 Å². The Morgan fingerprint density at radius 1 is 1.06 bits per heavy atom. The molecule has 1 aromatic carbocycles. The molecule has 1 fully saturated rings. The van der Waals surface area contributed by atoms with Crippen molar-refractivity contribution in [2.75, 3.05) is 13.1 Å². The highest BCUT2D eigenvalue weighted by Gasteiger charge is 2.26. The van der Waals surface area contributed by atoms with Gasteiger partial charge in [-0.15, -0.1) is 0 Å². The third kappa shape index (κ3) is 5.94. The molecule has 0 bridgehead atoms. The predicted octanol–water partition coefficient (Wildman–Crippen LogP) is 4.73. The van der Waals surface area contributed by atoms with Gasteiger partial charge < -0.3 is 19.1 Å². The lowest BCUT2D eigenvalue weighted by Gasteiger charge is -2.31. The summed E-state index contributed by atoms with van der Waals surface area (Å²) in [6.07, 6.45) is 3.37. The van der Waals surface area contributed by atoms with Crippen LogP contribution in [0.1, 0.15) is 48.3 Å². The number of hydrogen-bond acceptors (Lipinski definition) is 8. The van der Waals surface area contributed by atoms with E-state index in [4.69, 9.17) is 14.2 Å². The Balaban J connectivity index is 1.40. The minimum absolute atomic E-state index is 0.0858. The second kappa shape index (κ2) is 11.1. The summed E-state index contributed by atoms with van der Waals surface area (Å²) in [6, 6.07) is 8.91. The number of nitrogens with zero attached hydrogens (tertiary/aromatic N) is 4. The summed E-state index contributed by atoms with van der Waals surface area (Å²) < 4.78 is 31.8. The molecule has 1 aliphatic heterocycles. The molecule has 0 radical (unpaired) electrons.